The third-order valence-electron chi connectivity index (χ3n) is 7.45. The maximum atomic E-state index is 12.7. The van der Waals surface area contributed by atoms with Crippen molar-refractivity contribution in [2.45, 2.75) is 92.0 Å². The highest BCUT2D eigenvalue weighted by atomic mass is 16.6. The topological polar surface area (TPSA) is 205 Å². The molecule has 2 aliphatic heterocycles. The summed E-state index contributed by atoms with van der Waals surface area (Å²) < 4.78 is 16.2. The van der Waals surface area contributed by atoms with Gasteiger partial charge in [0.15, 0.2) is 5.69 Å². The molecule has 3 amide bonds. The van der Waals surface area contributed by atoms with Gasteiger partial charge in [0, 0.05) is 52.4 Å². The highest BCUT2D eigenvalue weighted by Gasteiger charge is 2.34. The van der Waals surface area contributed by atoms with Crippen molar-refractivity contribution >= 4 is 24.1 Å². The van der Waals surface area contributed by atoms with Crippen LogP contribution in [-0.2, 0) is 48.7 Å². The summed E-state index contributed by atoms with van der Waals surface area (Å²) in [6, 6.07) is 0. The molecule has 17 nitrogen and oxygen atoms in total. The molecule has 0 aromatic carbocycles. The zero-order chi connectivity index (χ0) is 40.3. The molecule has 0 atom stereocenters. The van der Waals surface area contributed by atoms with Crippen LogP contribution in [0.4, 0.5) is 9.59 Å². The van der Waals surface area contributed by atoms with Crippen LogP contribution in [0.2, 0.25) is 0 Å². The SMILES string of the molecule is C=CCN.C=CCNC(=O)c1c2n(c(=O)n1CC=C)CCN(C(=O)OC(C)(C)C)C2.C=CCn1c(C(=O)O)c2n(c1=O)CCN(C(=O)OC(C)(C)C)C2. The number of nitrogens with two attached hydrogens (primary N) is 1. The van der Waals surface area contributed by atoms with Gasteiger partial charge in [-0.1, -0.05) is 24.3 Å². The van der Waals surface area contributed by atoms with Crippen molar-refractivity contribution in [3.05, 3.63) is 94.4 Å². The van der Waals surface area contributed by atoms with Crippen LogP contribution in [-0.4, -0.2) is 94.6 Å². The van der Waals surface area contributed by atoms with E-state index in [9.17, 15) is 33.9 Å². The standard InChI is InChI=1S/C18H26N4O4.C15H21N3O5.C3H7N/c1-6-8-19-15(23)14-13-12-20(17(25)26-18(3,4)5)10-11-21(13)16(24)22(14)9-7-2;1-5-6-18-11(12(19)20)10-9-16(7-8-17(10)13(18)21)14(22)23-15(2,3)4;1-2-3-4/h6-7H,1-2,8-12H2,3-5H3,(H,19,23);5H,1,6-9H2,2-4H3,(H,19,20);2H,1,3-4H2. The number of rotatable bonds is 9. The maximum Gasteiger partial charge on any atom is 0.410 e. The lowest BCUT2D eigenvalue weighted by Gasteiger charge is -2.30. The van der Waals surface area contributed by atoms with Gasteiger partial charge < -0.3 is 35.4 Å². The van der Waals surface area contributed by atoms with E-state index in [-0.39, 0.29) is 62.3 Å². The van der Waals surface area contributed by atoms with Gasteiger partial charge in [-0.05, 0) is 41.5 Å². The summed E-state index contributed by atoms with van der Waals surface area (Å²) in [6.07, 6.45) is 5.24. The number of carbonyl (C=O) groups excluding carboxylic acids is 3. The fourth-order valence-electron chi connectivity index (χ4n) is 5.33. The maximum absolute atomic E-state index is 12.7. The lowest BCUT2D eigenvalue weighted by molar-refractivity contribution is 0.0187. The number of carboxylic acid groups (broad SMARTS) is 1. The van der Waals surface area contributed by atoms with Crippen LogP contribution >= 0.6 is 0 Å². The van der Waals surface area contributed by atoms with Crippen molar-refractivity contribution in [3.63, 3.8) is 0 Å². The number of aromatic carboxylic acids is 1. The van der Waals surface area contributed by atoms with Crippen molar-refractivity contribution < 1.29 is 33.8 Å². The highest BCUT2D eigenvalue weighted by molar-refractivity contribution is 5.94. The van der Waals surface area contributed by atoms with E-state index in [1.54, 1.807) is 59.8 Å². The highest BCUT2D eigenvalue weighted by Crippen LogP contribution is 2.21. The number of carbonyl (C=O) groups is 4. The van der Waals surface area contributed by atoms with E-state index < -0.39 is 35.0 Å². The third kappa shape index (κ3) is 11.5. The largest absolute Gasteiger partial charge is 0.477 e. The zero-order valence-electron chi connectivity index (χ0n) is 31.7. The molecule has 2 aliphatic rings. The Labute approximate surface area is 309 Å². The van der Waals surface area contributed by atoms with Gasteiger partial charge in [-0.15, -0.1) is 26.3 Å². The quantitative estimate of drug-likeness (QED) is 0.321. The van der Waals surface area contributed by atoms with E-state index in [1.807, 2.05) is 0 Å². The number of ether oxygens (including phenoxy) is 2. The number of hydrogen-bond donors (Lipinski definition) is 3. The molecule has 4 N–H and O–H groups in total. The van der Waals surface area contributed by atoms with Gasteiger partial charge in [0.05, 0.1) is 24.5 Å². The van der Waals surface area contributed by atoms with Crippen molar-refractivity contribution in [1.82, 2.24) is 33.4 Å². The molecule has 0 radical (unpaired) electrons. The molecule has 0 unspecified atom stereocenters. The number of imidazole rings is 2. The second-order valence-electron chi connectivity index (χ2n) is 13.9. The molecule has 2 aromatic heterocycles. The monoisotopic (exact) mass is 742 g/mol. The van der Waals surface area contributed by atoms with Crippen LogP contribution in [0.3, 0.4) is 0 Å². The molecule has 53 heavy (non-hydrogen) atoms. The van der Waals surface area contributed by atoms with Crippen molar-refractivity contribution in [2.24, 2.45) is 5.73 Å². The number of nitrogens with one attached hydrogen (secondary N) is 1. The Kier molecular flexibility index (Phi) is 15.4. The van der Waals surface area contributed by atoms with Crippen LogP contribution in [0.25, 0.3) is 0 Å². The molecular weight excluding hydrogens is 688 g/mol. The van der Waals surface area contributed by atoms with Gasteiger partial charge in [0.1, 0.15) is 16.9 Å². The van der Waals surface area contributed by atoms with E-state index in [0.717, 1.165) is 4.57 Å². The first-order chi connectivity index (χ1) is 24.8. The molecule has 4 rings (SSSR count). The minimum Gasteiger partial charge on any atom is -0.477 e. The molecule has 0 aliphatic carbocycles. The lowest BCUT2D eigenvalue weighted by Crippen LogP contribution is -2.43. The molecule has 17 heteroatoms. The summed E-state index contributed by atoms with van der Waals surface area (Å²) in [5.74, 6) is -1.59. The molecule has 292 valence electrons. The van der Waals surface area contributed by atoms with Crippen molar-refractivity contribution in [1.29, 1.82) is 0 Å². The summed E-state index contributed by atoms with van der Waals surface area (Å²) in [5, 5.41) is 12.1. The van der Waals surface area contributed by atoms with Crippen LogP contribution < -0.4 is 22.4 Å². The minimum absolute atomic E-state index is 0.0237. The molecule has 0 fully saturated rings. The smallest absolute Gasteiger partial charge is 0.410 e. The van der Waals surface area contributed by atoms with E-state index in [0.29, 0.717) is 37.6 Å². The first-order valence-corrected chi connectivity index (χ1v) is 17.0. The van der Waals surface area contributed by atoms with Gasteiger partial charge in [0.2, 0.25) is 0 Å². The van der Waals surface area contributed by atoms with E-state index in [1.165, 1.54) is 29.6 Å². The number of nitrogens with zero attached hydrogens (tertiary/aromatic N) is 6. The normalized spacial score (nSPS) is 13.4. The predicted molar refractivity (Wildman–Crippen MR) is 200 cm³/mol. The van der Waals surface area contributed by atoms with Gasteiger partial charge in [-0.3, -0.25) is 23.1 Å². The number of hydrogen-bond acceptors (Lipinski definition) is 9. The fourth-order valence-corrected chi connectivity index (χ4v) is 5.33. The molecule has 2 aromatic rings. The minimum atomic E-state index is -1.20. The number of amides is 3. The number of aromatic nitrogens is 4. The van der Waals surface area contributed by atoms with E-state index in [2.05, 4.69) is 31.6 Å². The molecular formula is C36H54N8O9. The predicted octanol–water partition coefficient (Wildman–Crippen LogP) is 2.92. The molecule has 0 saturated heterocycles. The molecule has 0 saturated carbocycles. The van der Waals surface area contributed by atoms with Crippen LogP contribution in [0.15, 0.2) is 60.2 Å². The summed E-state index contributed by atoms with van der Waals surface area (Å²) in [7, 11) is 0. The van der Waals surface area contributed by atoms with Crippen molar-refractivity contribution in [2.75, 3.05) is 26.2 Å². The van der Waals surface area contributed by atoms with Crippen LogP contribution in [0, 0.1) is 0 Å². The first-order valence-electron chi connectivity index (χ1n) is 17.0. The second kappa shape index (κ2) is 18.8. The van der Waals surface area contributed by atoms with Crippen LogP contribution in [0.1, 0.15) is 73.9 Å². The number of fused-ring (bicyclic) bond motifs is 2. The Bertz CT molecular complexity index is 1810. The molecule has 0 bridgehead atoms. The summed E-state index contributed by atoms with van der Waals surface area (Å²) in [5.41, 5.74) is 3.90. The average Bonchev–Trinajstić information content (AvgIpc) is 3.51. The summed E-state index contributed by atoms with van der Waals surface area (Å²) >= 11 is 0. The van der Waals surface area contributed by atoms with Gasteiger partial charge in [-0.2, -0.15) is 0 Å². The van der Waals surface area contributed by atoms with Crippen molar-refractivity contribution in [3.8, 4) is 0 Å². The molecule has 4 heterocycles. The van der Waals surface area contributed by atoms with Gasteiger partial charge >= 0.3 is 29.5 Å². The van der Waals surface area contributed by atoms with Crippen LogP contribution in [0.5, 0.6) is 0 Å². The Hall–Kier alpha value is -5.58. The zero-order valence-corrected chi connectivity index (χ0v) is 31.7. The Balaban J connectivity index is 0.000000335. The third-order valence-corrected chi connectivity index (χ3v) is 7.45. The Morgan fingerprint density at radius 1 is 0.717 bits per heavy atom. The summed E-state index contributed by atoms with van der Waals surface area (Å²) in [4.78, 5) is 76.6. The fraction of sp³-hybridized carbons (Fsp3) is 0.500. The number of allylic oxidation sites excluding steroid dienone is 2. The van der Waals surface area contributed by atoms with E-state index in [4.69, 9.17) is 15.2 Å². The van der Waals surface area contributed by atoms with E-state index >= 15 is 0 Å². The Morgan fingerprint density at radius 2 is 1.11 bits per heavy atom. The summed E-state index contributed by atoms with van der Waals surface area (Å²) in [6.45, 7) is 27.3. The molecule has 0 spiro atoms. The van der Waals surface area contributed by atoms with Gasteiger partial charge in [-0.25, -0.2) is 24.0 Å². The Morgan fingerprint density at radius 3 is 1.45 bits per heavy atom. The lowest BCUT2D eigenvalue weighted by atomic mass is 10.2. The second-order valence-corrected chi connectivity index (χ2v) is 13.9. The first kappa shape index (κ1) is 43.6. The number of carboxylic acids is 1. The average molecular weight is 743 g/mol. The van der Waals surface area contributed by atoms with Gasteiger partial charge in [0.25, 0.3) is 5.91 Å².